The molecule has 88 valence electrons. The molecule has 17 heavy (non-hydrogen) atoms. The van der Waals surface area contributed by atoms with Crippen LogP contribution in [0, 0.1) is 0 Å². The zero-order chi connectivity index (χ0) is 12.1. The minimum atomic E-state index is -0.316. The lowest BCUT2D eigenvalue weighted by atomic mass is 10.2. The largest absolute Gasteiger partial charge is 0.463 e. The van der Waals surface area contributed by atoms with Gasteiger partial charge in [-0.25, -0.2) is 4.79 Å². The molecule has 0 saturated carbocycles. The van der Waals surface area contributed by atoms with Gasteiger partial charge in [-0.15, -0.1) is 0 Å². The van der Waals surface area contributed by atoms with Crippen molar-refractivity contribution in [1.29, 1.82) is 0 Å². The van der Waals surface area contributed by atoms with E-state index in [0.29, 0.717) is 13.2 Å². The summed E-state index contributed by atoms with van der Waals surface area (Å²) in [5, 5.41) is 5.35. The first-order chi connectivity index (χ1) is 8.31. The molecule has 0 atom stereocenters. The lowest BCUT2D eigenvalue weighted by Crippen LogP contribution is -2.01. The SMILES string of the molecule is CCOC(=O)/C=C/Cn1ncc2ccccc21. The maximum atomic E-state index is 11.1. The van der Waals surface area contributed by atoms with Crippen molar-refractivity contribution in [3.05, 3.63) is 42.6 Å². The van der Waals surface area contributed by atoms with Gasteiger partial charge in [0, 0.05) is 11.5 Å². The van der Waals surface area contributed by atoms with Crippen LogP contribution in [0.2, 0.25) is 0 Å². The first-order valence-electron chi connectivity index (χ1n) is 5.55. The van der Waals surface area contributed by atoms with Crippen molar-refractivity contribution in [3.63, 3.8) is 0 Å². The highest BCUT2D eigenvalue weighted by atomic mass is 16.5. The molecule has 4 heteroatoms. The molecular formula is C13H14N2O2. The molecule has 1 aromatic heterocycles. The minimum Gasteiger partial charge on any atom is -0.463 e. The number of carbonyl (C=O) groups excluding carboxylic acids is 1. The number of carbonyl (C=O) groups is 1. The Labute approximate surface area is 99.5 Å². The van der Waals surface area contributed by atoms with Gasteiger partial charge in [-0.1, -0.05) is 24.3 Å². The molecule has 0 N–H and O–H groups in total. The number of para-hydroxylation sites is 1. The van der Waals surface area contributed by atoms with E-state index >= 15 is 0 Å². The fraction of sp³-hybridized carbons (Fsp3) is 0.231. The summed E-state index contributed by atoms with van der Waals surface area (Å²) in [6, 6.07) is 7.95. The first-order valence-corrected chi connectivity index (χ1v) is 5.55. The Balaban J connectivity index is 2.06. The highest BCUT2D eigenvalue weighted by Gasteiger charge is 1.99. The van der Waals surface area contributed by atoms with Crippen LogP contribution in [0.15, 0.2) is 42.6 Å². The molecule has 0 bridgehead atoms. The third-order valence-corrected chi connectivity index (χ3v) is 2.37. The zero-order valence-electron chi connectivity index (χ0n) is 9.67. The monoisotopic (exact) mass is 230 g/mol. The minimum absolute atomic E-state index is 0.316. The van der Waals surface area contributed by atoms with Crippen LogP contribution >= 0.6 is 0 Å². The Kier molecular flexibility index (Phi) is 3.55. The van der Waals surface area contributed by atoms with E-state index in [4.69, 9.17) is 4.74 Å². The van der Waals surface area contributed by atoms with Crippen molar-refractivity contribution >= 4 is 16.9 Å². The zero-order valence-corrected chi connectivity index (χ0v) is 9.67. The van der Waals surface area contributed by atoms with Gasteiger partial charge in [0.2, 0.25) is 0 Å². The number of allylic oxidation sites excluding steroid dienone is 1. The summed E-state index contributed by atoms with van der Waals surface area (Å²) in [6.45, 7) is 2.74. The lowest BCUT2D eigenvalue weighted by Gasteiger charge is -1.98. The van der Waals surface area contributed by atoms with Gasteiger partial charge in [-0.05, 0) is 13.0 Å². The maximum Gasteiger partial charge on any atom is 0.330 e. The highest BCUT2D eigenvalue weighted by molar-refractivity contribution is 5.82. The molecule has 0 aliphatic heterocycles. The lowest BCUT2D eigenvalue weighted by molar-refractivity contribution is -0.137. The molecule has 0 unspecified atom stereocenters. The summed E-state index contributed by atoms with van der Waals surface area (Å²) in [5.74, 6) is -0.316. The van der Waals surface area contributed by atoms with Crippen LogP contribution in [-0.2, 0) is 16.1 Å². The number of aromatic nitrogens is 2. The number of fused-ring (bicyclic) bond motifs is 1. The average molecular weight is 230 g/mol. The van der Waals surface area contributed by atoms with Gasteiger partial charge in [0.1, 0.15) is 0 Å². The van der Waals surface area contributed by atoms with Crippen LogP contribution in [-0.4, -0.2) is 22.4 Å². The first kappa shape index (κ1) is 11.4. The van der Waals surface area contributed by atoms with E-state index in [1.165, 1.54) is 6.08 Å². The van der Waals surface area contributed by atoms with E-state index in [9.17, 15) is 4.79 Å². The molecule has 0 aliphatic carbocycles. The van der Waals surface area contributed by atoms with Gasteiger partial charge in [0.05, 0.1) is 24.9 Å². The number of esters is 1. The summed E-state index contributed by atoms with van der Waals surface area (Å²) < 4.78 is 6.63. The smallest absolute Gasteiger partial charge is 0.330 e. The second-order valence-corrected chi connectivity index (χ2v) is 3.54. The van der Waals surface area contributed by atoms with Crippen LogP contribution in [0.3, 0.4) is 0 Å². The summed E-state index contributed by atoms with van der Waals surface area (Å²) in [5.41, 5.74) is 1.06. The number of rotatable bonds is 4. The second-order valence-electron chi connectivity index (χ2n) is 3.54. The number of ether oxygens (including phenoxy) is 1. The summed E-state index contributed by atoms with van der Waals surface area (Å²) >= 11 is 0. The summed E-state index contributed by atoms with van der Waals surface area (Å²) in [7, 11) is 0. The molecule has 0 amide bonds. The number of hydrogen-bond acceptors (Lipinski definition) is 3. The normalized spacial score (nSPS) is 11.1. The number of hydrogen-bond donors (Lipinski definition) is 0. The predicted molar refractivity (Wildman–Crippen MR) is 65.5 cm³/mol. The van der Waals surface area contributed by atoms with Crippen molar-refractivity contribution in [2.75, 3.05) is 6.61 Å². The standard InChI is InChI=1S/C13H14N2O2/c1-2-17-13(16)8-5-9-15-12-7-4-3-6-11(12)10-14-15/h3-8,10H,2,9H2,1H3/b8-5+. The molecule has 0 fully saturated rings. The number of benzene rings is 1. The van der Waals surface area contributed by atoms with Crippen LogP contribution < -0.4 is 0 Å². The van der Waals surface area contributed by atoms with Crippen molar-refractivity contribution in [2.45, 2.75) is 13.5 Å². The molecule has 0 saturated heterocycles. The van der Waals surface area contributed by atoms with E-state index in [1.807, 2.05) is 35.1 Å². The highest BCUT2D eigenvalue weighted by Crippen LogP contribution is 2.12. The van der Waals surface area contributed by atoms with Crippen LogP contribution in [0.25, 0.3) is 10.9 Å². The molecule has 2 rings (SSSR count). The van der Waals surface area contributed by atoms with Crippen LogP contribution in [0.1, 0.15) is 6.92 Å². The molecule has 1 heterocycles. The van der Waals surface area contributed by atoms with Crippen molar-refractivity contribution in [2.24, 2.45) is 0 Å². The quantitative estimate of drug-likeness (QED) is 0.597. The van der Waals surface area contributed by atoms with E-state index in [0.717, 1.165) is 10.9 Å². The molecule has 0 aliphatic rings. The summed E-state index contributed by atoms with van der Waals surface area (Å²) in [6.07, 6.45) is 4.99. The predicted octanol–water partition coefficient (Wildman–Crippen LogP) is 2.16. The molecular weight excluding hydrogens is 216 g/mol. The summed E-state index contributed by atoms with van der Waals surface area (Å²) in [4.78, 5) is 11.1. The fourth-order valence-corrected chi connectivity index (χ4v) is 1.61. The van der Waals surface area contributed by atoms with Crippen molar-refractivity contribution in [1.82, 2.24) is 9.78 Å². The van der Waals surface area contributed by atoms with Gasteiger partial charge in [0.25, 0.3) is 0 Å². The second kappa shape index (κ2) is 5.30. The van der Waals surface area contributed by atoms with Gasteiger partial charge in [0.15, 0.2) is 0 Å². The number of nitrogens with zero attached hydrogens (tertiary/aromatic N) is 2. The third-order valence-electron chi connectivity index (χ3n) is 2.37. The van der Waals surface area contributed by atoms with Crippen molar-refractivity contribution < 1.29 is 9.53 Å². The van der Waals surface area contributed by atoms with E-state index in [1.54, 1.807) is 13.0 Å². The van der Waals surface area contributed by atoms with E-state index in [-0.39, 0.29) is 5.97 Å². The Morgan fingerprint density at radius 2 is 2.29 bits per heavy atom. The Hall–Kier alpha value is -2.10. The van der Waals surface area contributed by atoms with Gasteiger partial charge in [-0.2, -0.15) is 5.10 Å². The van der Waals surface area contributed by atoms with Gasteiger partial charge >= 0.3 is 5.97 Å². The molecule has 1 aromatic carbocycles. The molecule has 0 radical (unpaired) electrons. The Morgan fingerprint density at radius 3 is 3.12 bits per heavy atom. The van der Waals surface area contributed by atoms with E-state index in [2.05, 4.69) is 5.10 Å². The van der Waals surface area contributed by atoms with Gasteiger partial charge < -0.3 is 4.74 Å². The maximum absolute atomic E-state index is 11.1. The van der Waals surface area contributed by atoms with Crippen molar-refractivity contribution in [3.8, 4) is 0 Å². The topological polar surface area (TPSA) is 44.1 Å². The Bertz CT molecular complexity index is 543. The van der Waals surface area contributed by atoms with Crippen LogP contribution in [0.5, 0.6) is 0 Å². The third kappa shape index (κ3) is 2.72. The molecule has 2 aromatic rings. The fourth-order valence-electron chi connectivity index (χ4n) is 1.61. The molecule has 0 spiro atoms. The van der Waals surface area contributed by atoms with Gasteiger partial charge in [-0.3, -0.25) is 4.68 Å². The van der Waals surface area contributed by atoms with E-state index < -0.39 is 0 Å². The van der Waals surface area contributed by atoms with Crippen LogP contribution in [0.4, 0.5) is 0 Å². The molecule has 4 nitrogen and oxygen atoms in total. The average Bonchev–Trinajstić information content (AvgIpc) is 2.73. The Morgan fingerprint density at radius 1 is 1.47 bits per heavy atom.